The first-order valence-electron chi connectivity index (χ1n) is 4.94. The van der Waals surface area contributed by atoms with Crippen LogP contribution in [-0.2, 0) is 4.79 Å². The minimum Gasteiger partial charge on any atom is -0.289 e. The molecule has 0 bridgehead atoms. The predicted molar refractivity (Wildman–Crippen MR) is 61.9 cm³/mol. The average molecular weight is 224 g/mol. The largest absolute Gasteiger partial charge is 0.289 e. The summed E-state index contributed by atoms with van der Waals surface area (Å²) in [6, 6.07) is 9.75. The van der Waals surface area contributed by atoms with Gasteiger partial charge in [0, 0.05) is 23.5 Å². The van der Waals surface area contributed by atoms with Crippen LogP contribution in [0.3, 0.4) is 0 Å². The molecule has 4 nitrogen and oxygen atoms in total. The molecule has 0 amide bonds. The molecule has 0 aliphatic rings. The fraction of sp³-hybridized carbons (Fsp3) is 0. The van der Waals surface area contributed by atoms with Crippen molar-refractivity contribution < 1.29 is 9.59 Å². The van der Waals surface area contributed by atoms with Crippen molar-refractivity contribution in [1.82, 2.24) is 4.98 Å². The van der Waals surface area contributed by atoms with Gasteiger partial charge in [-0.15, -0.1) is 0 Å². The van der Waals surface area contributed by atoms with Crippen LogP contribution < -0.4 is 0 Å². The smallest absolute Gasteiger partial charge is 0.240 e. The van der Waals surface area contributed by atoms with E-state index in [4.69, 9.17) is 0 Å². The Morgan fingerprint density at radius 1 is 1.00 bits per heavy atom. The highest BCUT2D eigenvalue weighted by Crippen LogP contribution is 2.15. The molecule has 2 rings (SSSR count). The van der Waals surface area contributed by atoms with E-state index in [1.54, 1.807) is 48.8 Å². The monoisotopic (exact) mass is 224 g/mol. The zero-order valence-corrected chi connectivity index (χ0v) is 8.83. The van der Waals surface area contributed by atoms with Crippen molar-refractivity contribution in [2.24, 2.45) is 4.99 Å². The van der Waals surface area contributed by atoms with Gasteiger partial charge in [-0.1, -0.05) is 0 Å². The standard InChI is InChI=1S/C13H8N2O2/c16-9-15-12-3-1-10(2-4-12)13(17)11-5-7-14-8-6-11/h1-8H. The van der Waals surface area contributed by atoms with Crippen LogP contribution in [0.5, 0.6) is 0 Å². The third-order valence-corrected chi connectivity index (χ3v) is 2.25. The second-order valence-electron chi connectivity index (χ2n) is 3.31. The topological polar surface area (TPSA) is 59.4 Å². The van der Waals surface area contributed by atoms with Gasteiger partial charge in [0.2, 0.25) is 6.08 Å². The highest BCUT2D eigenvalue weighted by Gasteiger charge is 2.07. The molecule has 0 unspecified atom stereocenters. The van der Waals surface area contributed by atoms with Crippen molar-refractivity contribution in [3.8, 4) is 0 Å². The first-order valence-corrected chi connectivity index (χ1v) is 4.94. The lowest BCUT2D eigenvalue weighted by Crippen LogP contribution is -2.00. The lowest BCUT2D eigenvalue weighted by atomic mass is 10.0. The summed E-state index contributed by atoms with van der Waals surface area (Å²) in [5.74, 6) is -0.0889. The molecule has 0 spiro atoms. The van der Waals surface area contributed by atoms with Crippen LogP contribution in [0, 0.1) is 0 Å². The highest BCUT2D eigenvalue weighted by atomic mass is 16.1. The van der Waals surface area contributed by atoms with Crippen LogP contribution >= 0.6 is 0 Å². The summed E-state index contributed by atoms with van der Waals surface area (Å²) >= 11 is 0. The summed E-state index contributed by atoms with van der Waals surface area (Å²) in [6.45, 7) is 0. The number of aromatic nitrogens is 1. The Hall–Kier alpha value is -2.58. The number of pyridine rings is 1. The molecule has 1 heterocycles. The van der Waals surface area contributed by atoms with Gasteiger partial charge < -0.3 is 0 Å². The maximum Gasteiger partial charge on any atom is 0.240 e. The maximum atomic E-state index is 12.0. The number of carbonyl (C=O) groups excluding carboxylic acids is 2. The van der Waals surface area contributed by atoms with Crippen molar-refractivity contribution in [2.75, 3.05) is 0 Å². The molecule has 1 aromatic heterocycles. The fourth-order valence-corrected chi connectivity index (χ4v) is 1.41. The third kappa shape index (κ3) is 2.51. The first-order chi connectivity index (χ1) is 8.31. The van der Waals surface area contributed by atoms with Crippen molar-refractivity contribution >= 4 is 17.6 Å². The Morgan fingerprint density at radius 3 is 2.18 bits per heavy atom. The van der Waals surface area contributed by atoms with Gasteiger partial charge in [-0.05, 0) is 36.4 Å². The summed E-state index contributed by atoms with van der Waals surface area (Å²) in [5, 5.41) is 0. The van der Waals surface area contributed by atoms with E-state index in [1.165, 1.54) is 6.08 Å². The van der Waals surface area contributed by atoms with Crippen molar-refractivity contribution in [2.45, 2.75) is 0 Å². The van der Waals surface area contributed by atoms with Crippen LogP contribution in [0.15, 0.2) is 53.8 Å². The molecule has 0 fully saturated rings. The summed E-state index contributed by atoms with van der Waals surface area (Å²) < 4.78 is 0. The van der Waals surface area contributed by atoms with Gasteiger partial charge in [0.1, 0.15) is 0 Å². The van der Waals surface area contributed by atoms with Crippen molar-refractivity contribution in [3.63, 3.8) is 0 Å². The molecular weight excluding hydrogens is 216 g/mol. The zero-order valence-electron chi connectivity index (χ0n) is 8.83. The normalized spacial score (nSPS) is 9.41. The van der Waals surface area contributed by atoms with E-state index < -0.39 is 0 Å². The molecule has 0 aliphatic heterocycles. The molecule has 0 N–H and O–H groups in total. The van der Waals surface area contributed by atoms with Gasteiger partial charge in [0.05, 0.1) is 5.69 Å². The molecule has 0 aliphatic carbocycles. The summed E-state index contributed by atoms with van der Waals surface area (Å²) in [5.41, 5.74) is 1.60. The Morgan fingerprint density at radius 2 is 1.59 bits per heavy atom. The van der Waals surface area contributed by atoms with Crippen LogP contribution in [0.25, 0.3) is 0 Å². The minimum atomic E-state index is -0.0889. The van der Waals surface area contributed by atoms with E-state index in [1.807, 2.05) is 0 Å². The number of benzene rings is 1. The molecule has 4 heteroatoms. The molecule has 82 valence electrons. The highest BCUT2D eigenvalue weighted by molar-refractivity contribution is 6.08. The second kappa shape index (κ2) is 4.96. The summed E-state index contributed by atoms with van der Waals surface area (Å²) in [7, 11) is 0. The predicted octanol–water partition coefficient (Wildman–Crippen LogP) is 2.28. The number of hydrogen-bond acceptors (Lipinski definition) is 4. The van der Waals surface area contributed by atoms with E-state index in [0.717, 1.165) is 0 Å². The Balaban J connectivity index is 2.29. The molecule has 0 saturated carbocycles. The first kappa shape index (κ1) is 10.9. The number of aliphatic imine (C=N–C) groups is 1. The van der Waals surface area contributed by atoms with Crippen molar-refractivity contribution in [1.29, 1.82) is 0 Å². The Bertz CT molecular complexity index is 570. The molecule has 0 saturated heterocycles. The van der Waals surface area contributed by atoms with Crippen LogP contribution in [-0.4, -0.2) is 16.8 Å². The van der Waals surface area contributed by atoms with Gasteiger partial charge in [0.25, 0.3) is 0 Å². The molecule has 0 radical (unpaired) electrons. The summed E-state index contributed by atoms with van der Waals surface area (Å²) in [6.07, 6.45) is 4.58. The van der Waals surface area contributed by atoms with E-state index in [-0.39, 0.29) is 5.78 Å². The number of rotatable bonds is 3. The molecule has 2 aromatic rings. The molecule has 17 heavy (non-hydrogen) atoms. The Kier molecular flexibility index (Phi) is 3.19. The minimum absolute atomic E-state index is 0.0889. The lowest BCUT2D eigenvalue weighted by Gasteiger charge is -2.00. The van der Waals surface area contributed by atoms with Crippen LogP contribution in [0.2, 0.25) is 0 Å². The van der Waals surface area contributed by atoms with E-state index >= 15 is 0 Å². The fourth-order valence-electron chi connectivity index (χ4n) is 1.41. The van der Waals surface area contributed by atoms with Gasteiger partial charge in [-0.2, -0.15) is 4.99 Å². The lowest BCUT2D eigenvalue weighted by molar-refractivity contribution is 0.103. The number of hydrogen-bond donors (Lipinski definition) is 0. The van der Waals surface area contributed by atoms with Crippen LogP contribution in [0.4, 0.5) is 5.69 Å². The zero-order chi connectivity index (χ0) is 12.1. The van der Waals surface area contributed by atoms with Crippen molar-refractivity contribution in [3.05, 3.63) is 59.9 Å². The third-order valence-electron chi connectivity index (χ3n) is 2.25. The van der Waals surface area contributed by atoms with E-state index in [2.05, 4.69) is 9.98 Å². The molecule has 0 atom stereocenters. The molecular formula is C13H8N2O2. The van der Waals surface area contributed by atoms with E-state index in [0.29, 0.717) is 16.8 Å². The average Bonchev–Trinajstić information content (AvgIpc) is 2.40. The van der Waals surface area contributed by atoms with Gasteiger partial charge in [-0.3, -0.25) is 9.78 Å². The van der Waals surface area contributed by atoms with Gasteiger partial charge >= 0.3 is 0 Å². The molecule has 1 aromatic carbocycles. The maximum absolute atomic E-state index is 12.0. The Labute approximate surface area is 97.7 Å². The van der Waals surface area contributed by atoms with Gasteiger partial charge in [-0.25, -0.2) is 4.79 Å². The van der Waals surface area contributed by atoms with Gasteiger partial charge in [0.15, 0.2) is 5.78 Å². The number of carbonyl (C=O) groups is 1. The number of isocyanates is 1. The quantitative estimate of drug-likeness (QED) is 0.456. The number of nitrogens with zero attached hydrogens (tertiary/aromatic N) is 2. The van der Waals surface area contributed by atoms with E-state index in [9.17, 15) is 9.59 Å². The summed E-state index contributed by atoms with van der Waals surface area (Å²) in [4.78, 5) is 29.3. The number of ketones is 1. The van der Waals surface area contributed by atoms with Crippen LogP contribution in [0.1, 0.15) is 15.9 Å². The second-order valence-corrected chi connectivity index (χ2v) is 3.31. The SMILES string of the molecule is O=C=Nc1ccc(C(=O)c2ccncc2)cc1.